The van der Waals surface area contributed by atoms with Crippen LogP contribution in [0.1, 0.15) is 5.56 Å². The number of hydrogen-bond donors (Lipinski definition) is 0. The normalized spacial score (nSPS) is 14.3. The number of thiocarbonyl (C=S) groups is 1. The van der Waals surface area contributed by atoms with Crippen LogP contribution in [0.4, 0.5) is 0 Å². The molecule has 1 fully saturated rings. The average Bonchev–Trinajstić information content (AvgIpc) is 2.54. The van der Waals surface area contributed by atoms with Crippen molar-refractivity contribution in [1.29, 1.82) is 0 Å². The molecule has 0 bridgehead atoms. The number of hydrogen-bond acceptors (Lipinski definition) is 6. The predicted molar refractivity (Wildman–Crippen MR) is 88.1 cm³/mol. The monoisotopic (exact) mass is 379 g/mol. The van der Waals surface area contributed by atoms with Gasteiger partial charge in [0.2, 0.25) is 0 Å². The van der Waals surface area contributed by atoms with Crippen molar-refractivity contribution in [3.05, 3.63) is 29.2 Å². The molecule has 1 aliphatic heterocycles. The van der Waals surface area contributed by atoms with Gasteiger partial charge < -0.3 is 20.0 Å². The Balaban J connectivity index is 0.00000112. The Morgan fingerprint density at radius 1 is 1.48 bits per heavy atom. The Hall–Kier alpha value is -1.30. The van der Waals surface area contributed by atoms with E-state index in [1.54, 1.807) is 25.5 Å². The molecule has 1 aliphatic rings. The Labute approximate surface area is 151 Å². The molecule has 1 heterocycles. The van der Waals surface area contributed by atoms with Crippen molar-refractivity contribution in [2.24, 2.45) is 4.99 Å². The maximum atomic E-state index is 11.7. The van der Waals surface area contributed by atoms with E-state index in [1.165, 1.54) is 11.2 Å². The fraction of sp³-hybridized carbons (Fsp3) is 0.467. The van der Waals surface area contributed by atoms with Crippen LogP contribution in [0.25, 0.3) is 5.41 Å². The summed E-state index contributed by atoms with van der Waals surface area (Å²) in [5.41, 5.74) is 0.600. The molecule has 6 nitrogen and oxygen atoms in total. The Morgan fingerprint density at radius 3 is 2.70 bits per heavy atom. The van der Waals surface area contributed by atoms with Crippen molar-refractivity contribution in [2.45, 2.75) is 0 Å². The van der Waals surface area contributed by atoms with Gasteiger partial charge in [0.05, 0.1) is 26.9 Å². The number of rotatable bonds is 5. The molecule has 23 heavy (non-hydrogen) atoms. The summed E-state index contributed by atoms with van der Waals surface area (Å²) in [6.45, 7) is 5.13. The van der Waals surface area contributed by atoms with Gasteiger partial charge >= 0.3 is 16.5 Å². The molecule has 0 N–H and O–H groups in total. The molecule has 0 unspecified atom stereocenters. The molecule has 1 aromatic rings. The summed E-state index contributed by atoms with van der Waals surface area (Å²) in [4.78, 5) is 6.62. The second kappa shape index (κ2) is 13.2. The molecule has 127 valence electrons. The van der Waals surface area contributed by atoms with Gasteiger partial charge in [-0.15, -0.1) is 0 Å². The number of aliphatic imine (C=N–C) groups is 1. The molecular formula is C15H19N3NiO3S+. The fourth-order valence-corrected chi connectivity index (χ4v) is 1.94. The van der Waals surface area contributed by atoms with E-state index < -0.39 is 0 Å². The maximum Gasteiger partial charge on any atom is 3.00 e. The molecule has 0 saturated carbocycles. The summed E-state index contributed by atoms with van der Waals surface area (Å²) in [5, 5.41) is 20.2. The van der Waals surface area contributed by atoms with Crippen molar-refractivity contribution < 1.29 is 31.1 Å². The fourth-order valence-electron chi connectivity index (χ4n) is 1.94. The van der Waals surface area contributed by atoms with Gasteiger partial charge in [0, 0.05) is 25.8 Å². The zero-order chi connectivity index (χ0) is 16.2. The minimum Gasteiger partial charge on any atom is -0.872 e. The summed E-state index contributed by atoms with van der Waals surface area (Å²) < 4.78 is 10.3. The number of isothiocyanates is 1. The Bertz CT molecular complexity index is 517. The van der Waals surface area contributed by atoms with Gasteiger partial charge in [0.15, 0.2) is 0 Å². The van der Waals surface area contributed by atoms with E-state index in [9.17, 15) is 5.11 Å². The molecule has 1 saturated heterocycles. The third-order valence-corrected chi connectivity index (χ3v) is 3.10. The first kappa shape index (κ1) is 21.7. The van der Waals surface area contributed by atoms with E-state index in [4.69, 9.17) is 14.9 Å². The van der Waals surface area contributed by atoms with Crippen LogP contribution in [0.3, 0.4) is 0 Å². The number of methoxy groups -OCH3 is 1. The van der Waals surface area contributed by atoms with Crippen molar-refractivity contribution in [2.75, 3.05) is 46.5 Å². The molecule has 0 aliphatic carbocycles. The minimum atomic E-state index is -0.0607. The first-order valence-electron chi connectivity index (χ1n) is 6.87. The Kier molecular flexibility index (Phi) is 12.4. The van der Waals surface area contributed by atoms with Gasteiger partial charge in [-0.05, 0) is 17.7 Å². The minimum absolute atomic E-state index is 0. The quantitative estimate of drug-likeness (QED) is 0.436. The zero-order valence-corrected chi connectivity index (χ0v) is 14.6. The molecule has 8 heteroatoms. The molecular weight excluding hydrogens is 361 g/mol. The van der Waals surface area contributed by atoms with Crippen molar-refractivity contribution in [3.8, 4) is 11.5 Å². The standard InChI is InChI=1S/C14H20N2O3.CNS.Ni/c1-18-13-3-2-12(14(17)10-13)11-15-4-5-16-6-8-19-9-7-16;2-1-3;/h2-3,10-11,17H,4-9H2,1H3;;/q;-1;+3/p-1. The molecule has 0 aromatic heterocycles. The van der Waals surface area contributed by atoms with Crippen LogP contribution in [0.2, 0.25) is 0 Å². The summed E-state index contributed by atoms with van der Waals surface area (Å²) in [5.74, 6) is 0.518. The van der Waals surface area contributed by atoms with Gasteiger partial charge in [0.25, 0.3) is 0 Å². The number of ether oxygens (including phenoxy) is 2. The molecule has 2 rings (SSSR count). The van der Waals surface area contributed by atoms with Crippen molar-refractivity contribution >= 4 is 23.6 Å². The van der Waals surface area contributed by atoms with Crippen LogP contribution in [0.5, 0.6) is 11.5 Å². The molecule has 0 atom stereocenters. The van der Waals surface area contributed by atoms with Crippen molar-refractivity contribution in [3.63, 3.8) is 0 Å². The third kappa shape index (κ3) is 8.79. The van der Waals surface area contributed by atoms with E-state index >= 15 is 0 Å². The average molecular weight is 380 g/mol. The van der Waals surface area contributed by atoms with Gasteiger partial charge in [-0.1, -0.05) is 24.0 Å². The maximum absolute atomic E-state index is 11.7. The van der Waals surface area contributed by atoms with Gasteiger partial charge in [-0.3, -0.25) is 9.89 Å². The Morgan fingerprint density at radius 2 is 2.13 bits per heavy atom. The number of morpholine rings is 1. The van der Waals surface area contributed by atoms with Crippen LogP contribution in [0.15, 0.2) is 23.2 Å². The zero-order valence-electron chi connectivity index (χ0n) is 12.8. The van der Waals surface area contributed by atoms with Gasteiger partial charge in [-0.2, -0.15) is 5.16 Å². The first-order chi connectivity index (χ1) is 10.7. The molecule has 0 spiro atoms. The SMILES string of the molecule is COc1ccc(C=NCCN2CCOCC2)c([O-])c1.[N-]=C=S.[Ni+3]. The number of nitrogens with zero attached hydrogens (tertiary/aromatic N) is 3. The summed E-state index contributed by atoms with van der Waals surface area (Å²) in [6, 6.07) is 4.98. The summed E-state index contributed by atoms with van der Waals surface area (Å²) in [6.07, 6.45) is 1.64. The van der Waals surface area contributed by atoms with Crippen LogP contribution in [0, 0.1) is 0 Å². The molecule has 1 radical (unpaired) electrons. The summed E-state index contributed by atoms with van der Waals surface area (Å²) >= 11 is 3.70. The topological polar surface area (TPSA) is 79.4 Å². The van der Waals surface area contributed by atoms with Crippen LogP contribution >= 0.6 is 12.2 Å². The van der Waals surface area contributed by atoms with E-state index in [-0.39, 0.29) is 22.2 Å². The van der Waals surface area contributed by atoms with Crippen molar-refractivity contribution in [1.82, 2.24) is 4.90 Å². The van der Waals surface area contributed by atoms with Gasteiger partial charge in [0.1, 0.15) is 5.75 Å². The first-order valence-corrected chi connectivity index (χ1v) is 7.28. The predicted octanol–water partition coefficient (Wildman–Crippen LogP) is 1.18. The molecule has 1 aromatic carbocycles. The molecule has 0 amide bonds. The smallest absolute Gasteiger partial charge is 0.872 e. The largest absolute Gasteiger partial charge is 3.00 e. The summed E-state index contributed by atoms with van der Waals surface area (Å²) in [7, 11) is 1.55. The van der Waals surface area contributed by atoms with E-state index in [0.29, 0.717) is 17.9 Å². The van der Waals surface area contributed by atoms with Crippen LogP contribution in [-0.4, -0.2) is 62.8 Å². The van der Waals surface area contributed by atoms with E-state index in [1.807, 2.05) is 0 Å². The van der Waals surface area contributed by atoms with Crippen LogP contribution in [-0.2, 0) is 21.2 Å². The van der Waals surface area contributed by atoms with Gasteiger partial charge in [-0.25, -0.2) is 0 Å². The second-order valence-corrected chi connectivity index (χ2v) is 4.67. The number of benzene rings is 1. The van der Waals surface area contributed by atoms with E-state index in [0.717, 1.165) is 32.8 Å². The third-order valence-electron chi connectivity index (χ3n) is 3.10. The second-order valence-electron chi connectivity index (χ2n) is 4.48. The van der Waals surface area contributed by atoms with Crippen LogP contribution < -0.4 is 9.84 Å². The van der Waals surface area contributed by atoms with E-state index in [2.05, 4.69) is 22.1 Å².